The molecule has 3 aromatic rings. The standard InChI is InChI=1S/C23H28BrN7O3/c1-13-8-27-17(12-26-13)21(32)30-16-11-29-20-18(16)19(15(24)10-28-20)31(14-6-5-7-25-9-14)22(33)34-23(2,3)4/h8,10-12,14,25H,5-7,9H2,1-4H3,(H,28,29)(H,30,32)/t14-/m1/s1. The number of ether oxygens (including phenoxy) is 1. The van der Waals surface area contributed by atoms with Gasteiger partial charge in [0.05, 0.1) is 39.2 Å². The van der Waals surface area contributed by atoms with E-state index in [1.165, 1.54) is 12.4 Å². The van der Waals surface area contributed by atoms with Gasteiger partial charge >= 0.3 is 6.09 Å². The summed E-state index contributed by atoms with van der Waals surface area (Å²) in [6.07, 6.45) is 7.53. The maximum absolute atomic E-state index is 13.5. The second kappa shape index (κ2) is 9.67. The summed E-state index contributed by atoms with van der Waals surface area (Å²) in [4.78, 5) is 43.9. The molecule has 0 radical (unpaired) electrons. The summed E-state index contributed by atoms with van der Waals surface area (Å²) in [6.45, 7) is 8.84. The van der Waals surface area contributed by atoms with Gasteiger partial charge in [0.2, 0.25) is 0 Å². The number of H-pyrrole nitrogens is 1. The molecule has 0 aliphatic carbocycles. The first-order chi connectivity index (χ1) is 16.1. The van der Waals surface area contributed by atoms with Crippen LogP contribution >= 0.6 is 15.9 Å². The van der Waals surface area contributed by atoms with Crippen LogP contribution in [0.4, 0.5) is 16.2 Å². The minimum absolute atomic E-state index is 0.132. The van der Waals surface area contributed by atoms with E-state index in [0.717, 1.165) is 19.4 Å². The highest BCUT2D eigenvalue weighted by molar-refractivity contribution is 9.10. The molecule has 4 heterocycles. The average Bonchev–Trinajstić information content (AvgIpc) is 3.18. The molecular weight excluding hydrogens is 502 g/mol. The number of fused-ring (bicyclic) bond motifs is 1. The van der Waals surface area contributed by atoms with E-state index in [4.69, 9.17) is 4.74 Å². The molecule has 1 fully saturated rings. The largest absolute Gasteiger partial charge is 0.443 e. The molecule has 1 aliphatic rings. The van der Waals surface area contributed by atoms with E-state index in [9.17, 15) is 9.59 Å². The van der Waals surface area contributed by atoms with Crippen LogP contribution in [0.15, 0.2) is 29.3 Å². The van der Waals surface area contributed by atoms with Gasteiger partial charge in [-0.1, -0.05) is 0 Å². The number of pyridine rings is 1. The third kappa shape index (κ3) is 5.20. The number of rotatable bonds is 4. The Morgan fingerprint density at radius 1 is 1.21 bits per heavy atom. The number of carbonyl (C=O) groups excluding carboxylic acids is 2. The minimum Gasteiger partial charge on any atom is -0.443 e. The van der Waals surface area contributed by atoms with Crippen molar-refractivity contribution in [3.05, 3.63) is 40.6 Å². The number of aryl methyl sites for hydroxylation is 1. The third-order valence-corrected chi connectivity index (χ3v) is 5.94. The first-order valence-corrected chi connectivity index (χ1v) is 11.9. The number of carbonyl (C=O) groups is 2. The molecule has 3 N–H and O–H groups in total. The molecule has 0 spiro atoms. The second-order valence-electron chi connectivity index (χ2n) is 9.23. The molecule has 3 aromatic heterocycles. The summed E-state index contributed by atoms with van der Waals surface area (Å²) < 4.78 is 6.40. The van der Waals surface area contributed by atoms with Crippen molar-refractivity contribution in [2.75, 3.05) is 23.3 Å². The Balaban J connectivity index is 1.79. The zero-order valence-electron chi connectivity index (χ0n) is 19.6. The number of halogens is 1. The van der Waals surface area contributed by atoms with Crippen LogP contribution in [-0.4, -0.2) is 56.7 Å². The van der Waals surface area contributed by atoms with Crippen LogP contribution in [0.5, 0.6) is 0 Å². The minimum atomic E-state index is -0.671. The van der Waals surface area contributed by atoms with E-state index in [2.05, 4.69) is 46.5 Å². The average molecular weight is 530 g/mol. The van der Waals surface area contributed by atoms with Crippen LogP contribution in [0, 0.1) is 6.92 Å². The van der Waals surface area contributed by atoms with Gasteiger partial charge in [-0.15, -0.1) is 0 Å². The molecule has 34 heavy (non-hydrogen) atoms. The van der Waals surface area contributed by atoms with Gasteiger partial charge in [0.25, 0.3) is 5.91 Å². The molecule has 180 valence electrons. The lowest BCUT2D eigenvalue weighted by Gasteiger charge is -2.36. The molecule has 1 atom stereocenters. The van der Waals surface area contributed by atoms with E-state index in [-0.39, 0.29) is 11.7 Å². The molecule has 1 aliphatic heterocycles. The first kappa shape index (κ1) is 24.1. The van der Waals surface area contributed by atoms with E-state index in [0.29, 0.717) is 39.1 Å². The predicted octanol–water partition coefficient (Wildman–Crippen LogP) is 4.17. The molecule has 11 heteroatoms. The summed E-state index contributed by atoms with van der Waals surface area (Å²) in [6, 6.07) is -0.132. The lowest BCUT2D eigenvalue weighted by atomic mass is 10.0. The zero-order valence-corrected chi connectivity index (χ0v) is 21.2. The Bertz CT molecular complexity index is 1200. The van der Waals surface area contributed by atoms with Gasteiger partial charge in [0, 0.05) is 25.1 Å². The smallest absolute Gasteiger partial charge is 0.415 e. The van der Waals surface area contributed by atoms with Crippen molar-refractivity contribution in [2.24, 2.45) is 0 Å². The number of aromatic amines is 1. The number of anilines is 2. The Morgan fingerprint density at radius 3 is 2.65 bits per heavy atom. The number of aromatic nitrogens is 4. The highest BCUT2D eigenvalue weighted by Gasteiger charge is 2.34. The predicted molar refractivity (Wildman–Crippen MR) is 133 cm³/mol. The number of hydrogen-bond acceptors (Lipinski definition) is 7. The van der Waals surface area contributed by atoms with E-state index in [1.807, 2.05) is 20.8 Å². The van der Waals surface area contributed by atoms with Crippen LogP contribution < -0.4 is 15.5 Å². The summed E-state index contributed by atoms with van der Waals surface area (Å²) in [5, 5.41) is 6.85. The number of nitrogens with zero attached hydrogens (tertiary/aromatic N) is 4. The van der Waals surface area contributed by atoms with Crippen molar-refractivity contribution in [1.82, 2.24) is 25.3 Å². The van der Waals surface area contributed by atoms with Crippen LogP contribution in [0.25, 0.3) is 11.0 Å². The summed E-state index contributed by atoms with van der Waals surface area (Å²) >= 11 is 3.59. The van der Waals surface area contributed by atoms with Crippen molar-refractivity contribution >= 4 is 50.3 Å². The van der Waals surface area contributed by atoms with Gasteiger partial charge in [-0.2, -0.15) is 0 Å². The number of amides is 2. The SMILES string of the molecule is Cc1cnc(C(=O)Nc2c[nH]c3ncc(Br)c(N(C(=O)OC(C)(C)C)[C@@H]4CCCNC4)c23)cn1. The first-order valence-electron chi connectivity index (χ1n) is 11.1. The highest BCUT2D eigenvalue weighted by atomic mass is 79.9. The van der Waals surface area contributed by atoms with Crippen molar-refractivity contribution in [3.63, 3.8) is 0 Å². The van der Waals surface area contributed by atoms with Crippen LogP contribution in [-0.2, 0) is 4.74 Å². The normalized spacial score (nSPS) is 16.3. The topological polar surface area (TPSA) is 125 Å². The number of piperidine rings is 1. The molecule has 0 unspecified atom stereocenters. The Kier molecular flexibility index (Phi) is 6.85. The van der Waals surface area contributed by atoms with Crippen LogP contribution in [0.2, 0.25) is 0 Å². The van der Waals surface area contributed by atoms with Gasteiger partial charge in [-0.05, 0) is 63.0 Å². The maximum Gasteiger partial charge on any atom is 0.415 e. The Hall–Kier alpha value is -3.05. The summed E-state index contributed by atoms with van der Waals surface area (Å²) in [7, 11) is 0. The zero-order chi connectivity index (χ0) is 24.5. The van der Waals surface area contributed by atoms with Gasteiger partial charge in [-0.25, -0.2) is 14.8 Å². The molecule has 2 amide bonds. The Labute approximate surface area is 206 Å². The quantitative estimate of drug-likeness (QED) is 0.463. The summed E-state index contributed by atoms with van der Waals surface area (Å²) in [5.41, 5.74) is 1.82. The second-order valence-corrected chi connectivity index (χ2v) is 10.1. The molecule has 1 saturated heterocycles. The molecule has 0 saturated carbocycles. The molecule has 4 rings (SSSR count). The fourth-order valence-electron chi connectivity index (χ4n) is 3.87. The van der Waals surface area contributed by atoms with E-state index in [1.54, 1.807) is 24.2 Å². The van der Waals surface area contributed by atoms with Gasteiger partial charge < -0.3 is 20.4 Å². The molecule has 0 aromatic carbocycles. The monoisotopic (exact) mass is 529 g/mol. The maximum atomic E-state index is 13.5. The van der Waals surface area contributed by atoms with Crippen LogP contribution in [0.1, 0.15) is 49.8 Å². The number of nitrogens with one attached hydrogen (secondary N) is 3. The van der Waals surface area contributed by atoms with E-state index >= 15 is 0 Å². The third-order valence-electron chi connectivity index (χ3n) is 5.36. The van der Waals surface area contributed by atoms with Gasteiger partial charge in [0.15, 0.2) is 0 Å². The van der Waals surface area contributed by atoms with Crippen molar-refractivity contribution in [1.29, 1.82) is 0 Å². The fourth-order valence-corrected chi connectivity index (χ4v) is 4.37. The van der Waals surface area contributed by atoms with Crippen molar-refractivity contribution in [3.8, 4) is 0 Å². The lowest BCUT2D eigenvalue weighted by molar-refractivity contribution is 0.0560. The molecule has 0 bridgehead atoms. The van der Waals surface area contributed by atoms with Gasteiger partial charge in [0.1, 0.15) is 16.9 Å². The lowest BCUT2D eigenvalue weighted by Crippen LogP contribution is -2.50. The van der Waals surface area contributed by atoms with Crippen LogP contribution in [0.3, 0.4) is 0 Å². The summed E-state index contributed by atoms with van der Waals surface area (Å²) in [5.74, 6) is -0.414. The highest BCUT2D eigenvalue weighted by Crippen LogP contribution is 2.40. The van der Waals surface area contributed by atoms with Crippen molar-refractivity contribution in [2.45, 2.75) is 52.2 Å². The fraction of sp³-hybridized carbons (Fsp3) is 0.435. The van der Waals surface area contributed by atoms with Gasteiger partial charge in [-0.3, -0.25) is 14.7 Å². The van der Waals surface area contributed by atoms with E-state index < -0.39 is 17.6 Å². The molecule has 10 nitrogen and oxygen atoms in total. The van der Waals surface area contributed by atoms with Crippen molar-refractivity contribution < 1.29 is 14.3 Å². The molecular formula is C23H28BrN7O3. The Morgan fingerprint density at radius 2 is 2.00 bits per heavy atom. The number of hydrogen-bond donors (Lipinski definition) is 3.